The van der Waals surface area contributed by atoms with Crippen LogP contribution in [0.25, 0.3) is 66.8 Å². The predicted octanol–water partition coefficient (Wildman–Crippen LogP) is 10.4. The van der Waals surface area contributed by atoms with Crippen molar-refractivity contribution in [1.82, 2.24) is 29.1 Å². The summed E-state index contributed by atoms with van der Waals surface area (Å²) >= 11 is 5.03. The summed E-state index contributed by atoms with van der Waals surface area (Å²) in [7, 11) is 3.77. The number of halogens is 3. The molecule has 0 radical (unpaired) electrons. The Morgan fingerprint density at radius 2 is 1.00 bits per heavy atom. The molecule has 0 saturated heterocycles. The van der Waals surface area contributed by atoms with Crippen LogP contribution < -0.4 is 10.6 Å². The molecule has 0 fully saturated rings. The quantitative estimate of drug-likeness (QED) is 0.107. The number of amides is 2. The minimum atomic E-state index is -0.325. The van der Waals surface area contributed by atoms with E-state index in [2.05, 4.69) is 41.5 Å². The van der Waals surface area contributed by atoms with Gasteiger partial charge in [0.15, 0.2) is 5.78 Å². The van der Waals surface area contributed by atoms with Gasteiger partial charge in [-0.25, -0.2) is 18.7 Å². The molecule has 62 heavy (non-hydrogen) atoms. The van der Waals surface area contributed by atoms with E-state index < -0.39 is 0 Å². The Labute approximate surface area is 374 Å². The first kappa shape index (κ1) is 45.1. The summed E-state index contributed by atoms with van der Waals surface area (Å²) in [5.41, 5.74) is 8.74. The van der Waals surface area contributed by atoms with Crippen LogP contribution in [0.3, 0.4) is 0 Å². The molecule has 2 aromatic carbocycles. The van der Waals surface area contributed by atoms with Crippen LogP contribution in [-0.4, -0.2) is 46.7 Å². The van der Waals surface area contributed by atoms with Crippen LogP contribution in [-0.2, 0) is 46.3 Å². The number of hydrogen-bond donors (Lipinski definition) is 2. The van der Waals surface area contributed by atoms with Gasteiger partial charge in [0.05, 0.1) is 21.4 Å². The van der Waals surface area contributed by atoms with E-state index in [9.17, 15) is 23.2 Å². The Morgan fingerprint density at radius 1 is 0.613 bits per heavy atom. The standard InChI is InChI=1S/C24H21FN4O2.C22H18BrFN4O.O.Pd/c1-4-20(31)27-23-18(14(2)30)13-19-21(15-9-11-26-12-10-15)22(29(3)24(19)28-23)16-5-7-17(25)8-6-16;1-3-18(29)26-21-17(23)12-16-19(13-8-10-25-11-9-13)20(28(2)22(16)27-21)14-4-6-15(24)7-5-14;;/h5-13H,4H2,1-3H3,(H,27,28,31);4-12H,3H2,1-2H3,(H,26,27,29);;. The van der Waals surface area contributed by atoms with E-state index in [1.807, 2.05) is 53.6 Å². The summed E-state index contributed by atoms with van der Waals surface area (Å²) in [5.74, 6) is -0.445. The zero-order valence-electron chi connectivity index (χ0n) is 34.1. The third-order valence-electron chi connectivity index (χ3n) is 9.99. The molecule has 0 spiro atoms. The molecule has 8 aromatic rings. The monoisotopic (exact) mass is 990 g/mol. The number of rotatable bonds is 9. The van der Waals surface area contributed by atoms with E-state index in [1.165, 1.54) is 50.3 Å². The Kier molecular flexibility index (Phi) is 14.5. The summed E-state index contributed by atoms with van der Waals surface area (Å²) < 4.78 is 39.7. The third-order valence-corrected chi connectivity index (χ3v) is 10.6. The molecule has 16 heteroatoms. The van der Waals surface area contributed by atoms with Gasteiger partial charge in [-0.3, -0.25) is 24.4 Å². The first-order valence-electron chi connectivity index (χ1n) is 19.2. The molecule has 0 saturated carbocycles. The fourth-order valence-corrected chi connectivity index (χ4v) is 7.49. The number of fused-ring (bicyclic) bond motifs is 2. The van der Waals surface area contributed by atoms with Gasteiger partial charge in [0.1, 0.15) is 34.6 Å². The van der Waals surface area contributed by atoms with Crippen molar-refractivity contribution in [2.24, 2.45) is 14.1 Å². The van der Waals surface area contributed by atoms with Crippen LogP contribution in [0.4, 0.5) is 20.4 Å². The molecule has 0 unspecified atom stereocenters. The van der Waals surface area contributed by atoms with E-state index in [0.29, 0.717) is 33.6 Å². The van der Waals surface area contributed by atoms with E-state index in [1.54, 1.807) is 69.0 Å². The second kappa shape index (κ2) is 19.9. The molecular weight excluding hydrogens is 953 g/mol. The van der Waals surface area contributed by atoms with Crippen LogP contribution in [0, 0.1) is 11.6 Å². The molecule has 318 valence electrons. The zero-order chi connectivity index (χ0) is 44.7. The zero-order valence-corrected chi connectivity index (χ0v) is 37.2. The number of pyridine rings is 4. The van der Waals surface area contributed by atoms with Gasteiger partial charge in [0.25, 0.3) is 0 Å². The number of nitrogens with one attached hydrogen (secondary N) is 2. The average molecular weight is 992 g/mol. The van der Waals surface area contributed by atoms with Crippen LogP contribution in [0.5, 0.6) is 0 Å². The van der Waals surface area contributed by atoms with E-state index >= 15 is 0 Å². The Balaban J connectivity index is 0.000000199. The third kappa shape index (κ3) is 9.37. The molecule has 6 heterocycles. The Hall–Kier alpha value is -6.47. The number of nitrogens with zero attached hydrogens (tertiary/aromatic N) is 6. The number of hydrogen-bond acceptors (Lipinski definition) is 8. The van der Waals surface area contributed by atoms with Crippen molar-refractivity contribution in [3.8, 4) is 44.8 Å². The molecule has 0 aliphatic heterocycles. The molecule has 8 rings (SSSR count). The van der Waals surface area contributed by atoms with Crippen LogP contribution in [0.1, 0.15) is 44.0 Å². The van der Waals surface area contributed by atoms with Gasteiger partial charge in [0.2, 0.25) is 11.8 Å². The topological polar surface area (TPSA) is 154 Å². The Morgan fingerprint density at radius 3 is 1.40 bits per heavy atom. The van der Waals surface area contributed by atoms with Crippen molar-refractivity contribution < 1.29 is 45.8 Å². The summed E-state index contributed by atoms with van der Waals surface area (Å²) in [4.78, 5) is 53.8. The van der Waals surface area contributed by atoms with Gasteiger partial charge in [-0.2, -0.15) is 0 Å². The van der Waals surface area contributed by atoms with E-state index in [4.69, 9.17) is 8.45 Å². The summed E-state index contributed by atoms with van der Waals surface area (Å²) in [6, 6.07) is 24.0. The second-order valence-corrected chi connectivity index (χ2v) is 14.7. The first-order chi connectivity index (χ1) is 29.9. The van der Waals surface area contributed by atoms with E-state index in [-0.39, 0.29) is 41.5 Å². The van der Waals surface area contributed by atoms with Gasteiger partial charge in [-0.15, -0.1) is 0 Å². The second-order valence-electron chi connectivity index (χ2n) is 13.9. The van der Waals surface area contributed by atoms with Crippen molar-refractivity contribution in [2.45, 2.75) is 33.6 Å². The van der Waals surface area contributed by atoms with Crippen LogP contribution in [0.2, 0.25) is 0 Å². The molecule has 2 amide bonds. The van der Waals surface area contributed by atoms with Gasteiger partial charge in [-0.1, -0.05) is 13.8 Å². The molecule has 0 atom stereocenters. The van der Waals surface area contributed by atoms with E-state index in [0.717, 1.165) is 55.5 Å². The van der Waals surface area contributed by atoms with Gasteiger partial charge >= 0.3 is 22.6 Å². The predicted molar refractivity (Wildman–Crippen MR) is 235 cm³/mol. The number of aromatic nitrogens is 6. The molecule has 0 bridgehead atoms. The number of carbonyl (C=O) groups is 3. The first-order valence-corrected chi connectivity index (χ1v) is 20.6. The number of aryl methyl sites for hydroxylation is 2. The summed E-state index contributed by atoms with van der Waals surface area (Å²) in [6.07, 6.45) is 7.49. The molecule has 12 nitrogen and oxygen atoms in total. The van der Waals surface area contributed by atoms with Crippen molar-refractivity contribution in [1.29, 1.82) is 0 Å². The summed E-state index contributed by atoms with van der Waals surface area (Å²) in [6.45, 7) is 4.97. The van der Waals surface area contributed by atoms with Gasteiger partial charge < -0.3 is 19.8 Å². The molecule has 2 N–H and O–H groups in total. The summed E-state index contributed by atoms with van der Waals surface area (Å²) in [5, 5.41) is 7.23. The van der Waals surface area contributed by atoms with Crippen LogP contribution >= 0.6 is 15.9 Å². The van der Waals surface area contributed by atoms with Crippen molar-refractivity contribution in [3.05, 3.63) is 131 Å². The SMILES string of the molecule is CCC(=O)Nc1nc2c(cc1Br)c(-c1ccncc1)c(-c1ccc(F)cc1)n2C.CCC(=O)Nc1nc2c(cc1C(C)=O)c(-c1ccncc1)c(-c1ccc(F)cc1)n2C.[O]=[Pd]. The number of Topliss-reactive ketones (excluding diaryl/α,β-unsaturated/α-hetero) is 1. The maximum absolute atomic E-state index is 13.6. The fraction of sp³-hybridized carbons (Fsp3) is 0.152. The Bertz CT molecular complexity index is 2930. The normalized spacial score (nSPS) is 10.7. The number of ketones is 1. The van der Waals surface area contributed by atoms with Crippen molar-refractivity contribution in [2.75, 3.05) is 10.6 Å². The van der Waals surface area contributed by atoms with Gasteiger partial charge in [-0.05, 0) is 130 Å². The molecule has 0 aliphatic carbocycles. The molecule has 6 aromatic heterocycles. The van der Waals surface area contributed by atoms with Crippen LogP contribution in [0.15, 0.2) is 114 Å². The number of anilines is 2. The number of carbonyl (C=O) groups excluding carboxylic acids is 3. The van der Waals surface area contributed by atoms with Crippen molar-refractivity contribution >= 4 is 67.2 Å². The average Bonchev–Trinajstić information content (AvgIpc) is 3.73. The fourth-order valence-electron chi connectivity index (χ4n) is 7.07. The van der Waals surface area contributed by atoms with Gasteiger partial charge in [0, 0.05) is 73.6 Å². The molecular formula is C46H39BrF2N8O4Pd. The maximum atomic E-state index is 13.6. The molecule has 0 aliphatic rings. The minimum absolute atomic E-state index is 0.111. The number of benzene rings is 2. The van der Waals surface area contributed by atoms with Crippen molar-refractivity contribution in [3.63, 3.8) is 0 Å².